The van der Waals surface area contributed by atoms with Gasteiger partial charge in [-0.3, -0.25) is 13.9 Å². The minimum absolute atomic E-state index is 0.159. The van der Waals surface area contributed by atoms with E-state index in [1.807, 2.05) is 58.0 Å². The molecular formula is C31H40FN5O5. The predicted molar refractivity (Wildman–Crippen MR) is 159 cm³/mol. The summed E-state index contributed by atoms with van der Waals surface area (Å²) in [5, 5.41) is 0. The number of nitrogens with zero attached hydrogens (tertiary/aromatic N) is 5. The SMILES string of the molecule is CC.COc1ncc(F)cc1-c1nc2c(c(=O)n(CCCOC3CCCCO3)c(=O)n2C(C)C)n1Cc1ccccc1. The lowest BCUT2D eigenvalue weighted by Gasteiger charge is -2.22. The largest absolute Gasteiger partial charge is 0.480 e. The van der Waals surface area contributed by atoms with Gasteiger partial charge in [-0.2, -0.15) is 0 Å². The minimum atomic E-state index is -0.574. The lowest BCUT2D eigenvalue weighted by molar-refractivity contribution is -0.163. The van der Waals surface area contributed by atoms with E-state index < -0.39 is 17.1 Å². The van der Waals surface area contributed by atoms with Crippen LogP contribution >= 0.6 is 0 Å². The highest BCUT2D eigenvalue weighted by molar-refractivity contribution is 5.78. The van der Waals surface area contributed by atoms with Crippen molar-refractivity contribution in [1.29, 1.82) is 0 Å². The molecule has 4 heterocycles. The number of ether oxygens (including phenoxy) is 3. The normalized spacial score (nSPS) is 15.1. The Morgan fingerprint density at radius 3 is 2.55 bits per heavy atom. The van der Waals surface area contributed by atoms with Crippen LogP contribution in [-0.4, -0.2) is 50.3 Å². The molecule has 0 bridgehead atoms. The molecule has 1 aromatic carbocycles. The number of halogens is 1. The zero-order valence-corrected chi connectivity index (χ0v) is 25.0. The maximum atomic E-state index is 14.4. The Bertz CT molecular complexity index is 1590. The summed E-state index contributed by atoms with van der Waals surface area (Å²) in [5.74, 6) is -0.134. The van der Waals surface area contributed by atoms with Gasteiger partial charge < -0.3 is 18.8 Å². The van der Waals surface area contributed by atoms with E-state index in [4.69, 9.17) is 19.2 Å². The van der Waals surface area contributed by atoms with Crippen molar-refractivity contribution in [2.24, 2.45) is 0 Å². The van der Waals surface area contributed by atoms with Crippen LogP contribution in [0, 0.1) is 5.82 Å². The standard InChI is InChI=1S/C29H34FN5O5.C2H6/c1-19(2)35-26-24(28(36)33(29(35)37)13-9-15-40-23-12-7-8-14-39-23)34(18-20-10-5-4-6-11-20)25(32-26)22-16-21(30)17-31-27(22)38-3;1-2/h4-6,10-11,16-17,19,23H,7-9,12-15,18H2,1-3H3;1-2H3. The first kappa shape index (κ1) is 31.1. The molecule has 10 nitrogen and oxygen atoms in total. The maximum Gasteiger partial charge on any atom is 0.332 e. The van der Waals surface area contributed by atoms with Crippen LogP contribution < -0.4 is 16.0 Å². The molecule has 226 valence electrons. The predicted octanol–water partition coefficient (Wildman–Crippen LogP) is 5.16. The minimum Gasteiger partial charge on any atom is -0.480 e. The van der Waals surface area contributed by atoms with E-state index in [9.17, 15) is 14.0 Å². The Hall–Kier alpha value is -3.83. The molecule has 4 aromatic rings. The molecule has 1 aliphatic heterocycles. The fourth-order valence-corrected chi connectivity index (χ4v) is 5.07. The Labute approximate surface area is 244 Å². The van der Waals surface area contributed by atoms with Crippen LogP contribution in [0.15, 0.2) is 52.2 Å². The van der Waals surface area contributed by atoms with Gasteiger partial charge in [-0.05, 0) is 51.2 Å². The number of methoxy groups -OCH3 is 1. The van der Waals surface area contributed by atoms with Crippen molar-refractivity contribution in [3.8, 4) is 17.3 Å². The van der Waals surface area contributed by atoms with Gasteiger partial charge in [-0.15, -0.1) is 0 Å². The highest BCUT2D eigenvalue weighted by atomic mass is 19.1. The molecule has 1 atom stereocenters. The Balaban J connectivity index is 0.00000198. The fraction of sp³-hybridized carbons (Fsp3) is 0.484. The van der Waals surface area contributed by atoms with Crippen LogP contribution in [0.4, 0.5) is 4.39 Å². The lowest BCUT2D eigenvalue weighted by atomic mass is 10.2. The van der Waals surface area contributed by atoms with Crippen LogP contribution in [0.3, 0.4) is 0 Å². The molecule has 1 fully saturated rings. The molecule has 1 saturated heterocycles. The van der Waals surface area contributed by atoms with Crippen molar-refractivity contribution in [2.75, 3.05) is 20.3 Å². The Morgan fingerprint density at radius 1 is 1.12 bits per heavy atom. The number of fused-ring (bicyclic) bond motifs is 1. The molecule has 5 rings (SSSR count). The third-order valence-corrected chi connectivity index (χ3v) is 6.98. The summed E-state index contributed by atoms with van der Waals surface area (Å²) >= 11 is 0. The molecule has 0 radical (unpaired) electrons. The van der Waals surface area contributed by atoms with Gasteiger partial charge in [-0.1, -0.05) is 44.2 Å². The summed E-state index contributed by atoms with van der Waals surface area (Å²) in [7, 11) is 1.44. The summed E-state index contributed by atoms with van der Waals surface area (Å²) < 4.78 is 35.7. The van der Waals surface area contributed by atoms with Crippen LogP contribution in [0.25, 0.3) is 22.6 Å². The van der Waals surface area contributed by atoms with Crippen LogP contribution in [0.2, 0.25) is 0 Å². The summed E-state index contributed by atoms with van der Waals surface area (Å²) in [6.45, 7) is 9.19. The maximum absolute atomic E-state index is 14.4. The van der Waals surface area contributed by atoms with Crippen molar-refractivity contribution < 1.29 is 18.6 Å². The first-order chi connectivity index (χ1) is 20.4. The molecule has 0 N–H and O–H groups in total. The van der Waals surface area contributed by atoms with Gasteiger partial charge in [0, 0.05) is 25.7 Å². The van der Waals surface area contributed by atoms with E-state index in [2.05, 4.69) is 4.98 Å². The molecule has 1 aliphatic rings. The second kappa shape index (κ2) is 14.4. The third kappa shape index (κ3) is 6.63. The van der Waals surface area contributed by atoms with Crippen molar-refractivity contribution in [3.63, 3.8) is 0 Å². The fourth-order valence-electron chi connectivity index (χ4n) is 5.07. The zero-order chi connectivity index (χ0) is 30.2. The molecule has 1 unspecified atom stereocenters. The number of imidazole rings is 1. The smallest absolute Gasteiger partial charge is 0.332 e. The average Bonchev–Trinajstić information content (AvgIpc) is 3.37. The molecule has 11 heteroatoms. The Kier molecular flexibility index (Phi) is 10.6. The monoisotopic (exact) mass is 581 g/mol. The second-order valence-electron chi connectivity index (χ2n) is 10.1. The van der Waals surface area contributed by atoms with Crippen molar-refractivity contribution in [3.05, 3.63) is 74.8 Å². The van der Waals surface area contributed by atoms with Gasteiger partial charge in [-0.25, -0.2) is 19.2 Å². The summed E-state index contributed by atoms with van der Waals surface area (Å²) in [5.41, 5.74) is 0.732. The number of aromatic nitrogens is 5. The third-order valence-electron chi connectivity index (χ3n) is 6.98. The molecule has 0 spiro atoms. The number of hydrogen-bond acceptors (Lipinski definition) is 7. The van der Waals surface area contributed by atoms with Crippen LogP contribution in [0.1, 0.15) is 65.0 Å². The van der Waals surface area contributed by atoms with Crippen LogP contribution in [0.5, 0.6) is 5.88 Å². The van der Waals surface area contributed by atoms with E-state index >= 15 is 0 Å². The van der Waals surface area contributed by atoms with Gasteiger partial charge in [0.15, 0.2) is 17.5 Å². The number of benzene rings is 1. The highest BCUT2D eigenvalue weighted by Gasteiger charge is 2.26. The number of rotatable bonds is 10. The van der Waals surface area contributed by atoms with E-state index in [1.54, 1.807) is 4.57 Å². The van der Waals surface area contributed by atoms with E-state index in [0.717, 1.165) is 31.0 Å². The van der Waals surface area contributed by atoms with E-state index in [-0.39, 0.29) is 53.9 Å². The first-order valence-electron chi connectivity index (χ1n) is 14.6. The van der Waals surface area contributed by atoms with Crippen molar-refractivity contribution in [2.45, 2.75) is 78.8 Å². The highest BCUT2D eigenvalue weighted by Crippen LogP contribution is 2.31. The van der Waals surface area contributed by atoms with Gasteiger partial charge in [0.25, 0.3) is 5.56 Å². The second-order valence-corrected chi connectivity index (χ2v) is 10.1. The molecule has 0 aliphatic carbocycles. The van der Waals surface area contributed by atoms with Gasteiger partial charge in [0.2, 0.25) is 5.88 Å². The van der Waals surface area contributed by atoms with E-state index in [0.29, 0.717) is 19.6 Å². The number of pyridine rings is 1. The first-order valence-corrected chi connectivity index (χ1v) is 14.6. The molecule has 0 saturated carbocycles. The molecule has 0 amide bonds. The topological polar surface area (TPSA) is 102 Å². The van der Waals surface area contributed by atoms with Gasteiger partial charge in [0.1, 0.15) is 11.6 Å². The average molecular weight is 582 g/mol. The molecule has 3 aromatic heterocycles. The lowest BCUT2D eigenvalue weighted by Crippen LogP contribution is -2.41. The molecular weight excluding hydrogens is 541 g/mol. The van der Waals surface area contributed by atoms with Gasteiger partial charge in [0.05, 0.1) is 25.5 Å². The van der Waals surface area contributed by atoms with E-state index in [1.165, 1.54) is 22.3 Å². The van der Waals surface area contributed by atoms with Gasteiger partial charge >= 0.3 is 5.69 Å². The van der Waals surface area contributed by atoms with Crippen molar-refractivity contribution in [1.82, 2.24) is 23.7 Å². The Morgan fingerprint density at radius 2 is 1.88 bits per heavy atom. The molecule has 42 heavy (non-hydrogen) atoms. The summed E-state index contributed by atoms with van der Waals surface area (Å²) in [6.07, 6.45) is 4.19. The van der Waals surface area contributed by atoms with Crippen molar-refractivity contribution >= 4 is 11.2 Å². The quantitative estimate of drug-likeness (QED) is 0.239. The zero-order valence-electron chi connectivity index (χ0n) is 25.0. The summed E-state index contributed by atoms with van der Waals surface area (Å²) in [4.78, 5) is 36.5. The van der Waals surface area contributed by atoms with Crippen LogP contribution in [-0.2, 0) is 22.6 Å². The number of hydrogen-bond donors (Lipinski definition) is 0. The summed E-state index contributed by atoms with van der Waals surface area (Å²) in [6, 6.07) is 10.5.